The van der Waals surface area contributed by atoms with E-state index < -0.39 is 17.7 Å². The van der Waals surface area contributed by atoms with Gasteiger partial charge in [-0.1, -0.05) is 13.0 Å². The number of aryl methyl sites for hydroxylation is 1. The van der Waals surface area contributed by atoms with Crippen LogP contribution >= 0.6 is 0 Å². The third kappa shape index (κ3) is 2.66. The number of benzene rings is 1. The van der Waals surface area contributed by atoms with E-state index in [4.69, 9.17) is 0 Å². The van der Waals surface area contributed by atoms with E-state index in [1.165, 1.54) is 18.2 Å². The smallest absolute Gasteiger partial charge is 0.131 e. The van der Waals surface area contributed by atoms with Crippen LogP contribution in [-0.4, -0.2) is 16.3 Å². The monoisotopic (exact) mass is 265 g/mol. The zero-order valence-electron chi connectivity index (χ0n) is 11.0. The van der Waals surface area contributed by atoms with Crippen molar-refractivity contribution in [2.45, 2.75) is 26.4 Å². The van der Waals surface area contributed by atoms with Crippen molar-refractivity contribution < 1.29 is 8.78 Å². The Balaban J connectivity index is 2.52. The first kappa shape index (κ1) is 13.7. The van der Waals surface area contributed by atoms with Crippen molar-refractivity contribution in [2.24, 2.45) is 0 Å². The fourth-order valence-electron chi connectivity index (χ4n) is 2.20. The molecule has 1 atom stereocenters. The van der Waals surface area contributed by atoms with Gasteiger partial charge in [-0.05, 0) is 31.7 Å². The average Bonchev–Trinajstić information content (AvgIpc) is 2.85. The van der Waals surface area contributed by atoms with Gasteiger partial charge >= 0.3 is 0 Å². The Morgan fingerprint density at radius 1 is 1.21 bits per heavy atom. The lowest BCUT2D eigenvalue weighted by molar-refractivity contribution is 0.484. The second-order valence-electron chi connectivity index (χ2n) is 4.20. The van der Waals surface area contributed by atoms with Crippen LogP contribution in [-0.2, 0) is 6.54 Å². The Labute approximate surface area is 111 Å². The molecule has 2 rings (SSSR count). The first-order valence-electron chi connectivity index (χ1n) is 6.38. The zero-order chi connectivity index (χ0) is 13.8. The van der Waals surface area contributed by atoms with E-state index in [1.807, 2.05) is 13.8 Å². The Kier molecular flexibility index (Phi) is 4.27. The van der Waals surface area contributed by atoms with Gasteiger partial charge in [0.25, 0.3) is 0 Å². The van der Waals surface area contributed by atoms with Crippen molar-refractivity contribution in [1.82, 2.24) is 15.1 Å². The van der Waals surface area contributed by atoms with E-state index in [0.717, 1.165) is 5.69 Å². The van der Waals surface area contributed by atoms with Crippen LogP contribution in [0.1, 0.15) is 31.1 Å². The summed E-state index contributed by atoms with van der Waals surface area (Å²) in [6.07, 6.45) is 1.64. The van der Waals surface area contributed by atoms with Gasteiger partial charge in [-0.3, -0.25) is 4.68 Å². The summed E-state index contributed by atoms with van der Waals surface area (Å²) < 4.78 is 29.6. The Hall–Kier alpha value is -1.75. The largest absolute Gasteiger partial charge is 0.305 e. The molecule has 3 nitrogen and oxygen atoms in total. The molecule has 0 spiro atoms. The van der Waals surface area contributed by atoms with Crippen LogP contribution in [0.2, 0.25) is 0 Å². The van der Waals surface area contributed by atoms with Crippen LogP contribution < -0.4 is 5.32 Å². The molecule has 19 heavy (non-hydrogen) atoms. The highest BCUT2D eigenvalue weighted by molar-refractivity contribution is 5.30. The van der Waals surface area contributed by atoms with Crippen molar-refractivity contribution >= 4 is 0 Å². The van der Waals surface area contributed by atoms with E-state index in [-0.39, 0.29) is 5.56 Å². The third-order valence-electron chi connectivity index (χ3n) is 3.04. The molecule has 102 valence electrons. The maximum Gasteiger partial charge on any atom is 0.131 e. The SMILES string of the molecule is CCNC(c1c(F)cccc1F)c1ccnn1CC. The predicted molar refractivity (Wildman–Crippen MR) is 69.8 cm³/mol. The molecule has 5 heteroatoms. The normalized spacial score (nSPS) is 12.6. The summed E-state index contributed by atoms with van der Waals surface area (Å²) in [5, 5.41) is 7.27. The number of nitrogens with zero attached hydrogens (tertiary/aromatic N) is 2. The molecule has 1 aromatic heterocycles. The Morgan fingerprint density at radius 3 is 2.47 bits per heavy atom. The summed E-state index contributed by atoms with van der Waals surface area (Å²) in [5.74, 6) is -1.09. The molecule has 0 amide bonds. The van der Waals surface area contributed by atoms with Crippen LogP contribution in [0.3, 0.4) is 0 Å². The summed E-state index contributed by atoms with van der Waals surface area (Å²) in [6, 6.07) is 5.16. The van der Waals surface area contributed by atoms with Crippen LogP contribution in [0.15, 0.2) is 30.5 Å². The van der Waals surface area contributed by atoms with Gasteiger partial charge in [0.15, 0.2) is 0 Å². The number of rotatable bonds is 5. The second kappa shape index (κ2) is 5.93. The van der Waals surface area contributed by atoms with E-state index in [9.17, 15) is 8.78 Å². The summed E-state index contributed by atoms with van der Waals surface area (Å²) >= 11 is 0. The van der Waals surface area contributed by atoms with Gasteiger partial charge in [0.2, 0.25) is 0 Å². The molecule has 0 aliphatic carbocycles. The number of aromatic nitrogens is 2. The molecular weight excluding hydrogens is 248 g/mol. The fourth-order valence-corrected chi connectivity index (χ4v) is 2.20. The Bertz CT molecular complexity index is 531. The molecule has 0 saturated heterocycles. The minimum Gasteiger partial charge on any atom is -0.305 e. The average molecular weight is 265 g/mol. The van der Waals surface area contributed by atoms with Crippen LogP contribution in [0.4, 0.5) is 8.78 Å². The van der Waals surface area contributed by atoms with E-state index in [0.29, 0.717) is 13.1 Å². The van der Waals surface area contributed by atoms with Crippen molar-refractivity contribution in [2.75, 3.05) is 6.54 Å². The molecule has 1 heterocycles. The highest BCUT2D eigenvalue weighted by atomic mass is 19.1. The van der Waals surface area contributed by atoms with Gasteiger partial charge in [-0.2, -0.15) is 5.10 Å². The standard InChI is InChI=1S/C14H17F2N3/c1-3-17-14(12-8-9-18-19(12)4-2)13-10(15)6-5-7-11(13)16/h5-9,14,17H,3-4H2,1-2H3. The van der Waals surface area contributed by atoms with Crippen molar-refractivity contribution in [3.05, 3.63) is 53.4 Å². The molecule has 0 radical (unpaired) electrons. The second-order valence-corrected chi connectivity index (χ2v) is 4.20. The highest BCUT2D eigenvalue weighted by Gasteiger charge is 2.23. The third-order valence-corrected chi connectivity index (χ3v) is 3.04. The lowest BCUT2D eigenvalue weighted by atomic mass is 10.0. The molecule has 2 aromatic rings. The lowest BCUT2D eigenvalue weighted by Crippen LogP contribution is -2.26. The summed E-state index contributed by atoms with van der Waals surface area (Å²) in [6.45, 7) is 5.10. The first-order valence-corrected chi connectivity index (χ1v) is 6.38. The molecule has 0 bridgehead atoms. The molecule has 1 unspecified atom stereocenters. The van der Waals surface area contributed by atoms with Crippen molar-refractivity contribution in [3.8, 4) is 0 Å². The molecule has 0 fully saturated rings. The first-order chi connectivity index (χ1) is 9.19. The number of hydrogen-bond donors (Lipinski definition) is 1. The summed E-state index contributed by atoms with van der Waals surface area (Å²) in [5.41, 5.74) is 0.799. The summed E-state index contributed by atoms with van der Waals surface area (Å²) in [4.78, 5) is 0. The topological polar surface area (TPSA) is 29.9 Å². The Morgan fingerprint density at radius 2 is 1.89 bits per heavy atom. The predicted octanol–water partition coefficient (Wildman–Crippen LogP) is 2.88. The van der Waals surface area contributed by atoms with Gasteiger partial charge in [-0.15, -0.1) is 0 Å². The number of hydrogen-bond acceptors (Lipinski definition) is 2. The summed E-state index contributed by atoms with van der Waals surface area (Å²) in [7, 11) is 0. The van der Waals surface area contributed by atoms with Crippen molar-refractivity contribution in [3.63, 3.8) is 0 Å². The van der Waals surface area contributed by atoms with Crippen LogP contribution in [0.25, 0.3) is 0 Å². The minimum absolute atomic E-state index is 0.0413. The van der Waals surface area contributed by atoms with Gasteiger partial charge < -0.3 is 5.32 Å². The molecule has 0 aliphatic heterocycles. The van der Waals surface area contributed by atoms with Crippen LogP contribution in [0, 0.1) is 11.6 Å². The molecular formula is C14H17F2N3. The van der Waals surface area contributed by atoms with Gasteiger partial charge in [0.05, 0.1) is 11.7 Å². The molecule has 1 aromatic carbocycles. The van der Waals surface area contributed by atoms with Gasteiger partial charge in [0, 0.05) is 18.3 Å². The van der Waals surface area contributed by atoms with Crippen LogP contribution in [0.5, 0.6) is 0 Å². The molecule has 0 saturated carbocycles. The maximum absolute atomic E-state index is 13.9. The quantitative estimate of drug-likeness (QED) is 0.901. The van der Waals surface area contributed by atoms with Gasteiger partial charge in [0.1, 0.15) is 11.6 Å². The van der Waals surface area contributed by atoms with E-state index in [2.05, 4.69) is 10.4 Å². The van der Waals surface area contributed by atoms with Gasteiger partial charge in [-0.25, -0.2) is 8.78 Å². The molecule has 1 N–H and O–H groups in total. The molecule has 0 aliphatic rings. The van der Waals surface area contributed by atoms with E-state index in [1.54, 1.807) is 16.9 Å². The lowest BCUT2D eigenvalue weighted by Gasteiger charge is -2.20. The van der Waals surface area contributed by atoms with E-state index >= 15 is 0 Å². The van der Waals surface area contributed by atoms with Crippen molar-refractivity contribution in [1.29, 1.82) is 0 Å². The maximum atomic E-state index is 13.9. The number of halogens is 2. The fraction of sp³-hybridized carbons (Fsp3) is 0.357. The minimum atomic E-state index is -0.546. The highest BCUT2D eigenvalue weighted by Crippen LogP contribution is 2.26. The zero-order valence-corrected chi connectivity index (χ0v) is 11.0. The number of nitrogens with one attached hydrogen (secondary N) is 1.